The van der Waals surface area contributed by atoms with Gasteiger partial charge >= 0.3 is 60.8 Å². The molecule has 4 heteroatoms. The fourth-order valence-corrected chi connectivity index (χ4v) is 0. The van der Waals surface area contributed by atoms with Crippen molar-refractivity contribution in [2.45, 2.75) is 0 Å². The van der Waals surface area contributed by atoms with Crippen LogP contribution in [0.15, 0.2) is 0 Å². The molecule has 0 unspecified atom stereocenters. The van der Waals surface area contributed by atoms with Gasteiger partial charge in [0.1, 0.15) is 0 Å². The first-order valence-corrected chi connectivity index (χ1v) is 0. The summed E-state index contributed by atoms with van der Waals surface area (Å²) < 4.78 is 0. The quantitative estimate of drug-likeness (QED) is 0.372. The molecule has 0 fully saturated rings. The second-order valence-electron chi connectivity index (χ2n) is 0. The van der Waals surface area contributed by atoms with Crippen molar-refractivity contribution in [1.82, 2.24) is 0 Å². The standard InChI is InChI=1S/Al.Ca.Mg.Mn.7H/q;2*+2;;;;;4*-1. The minimum absolute atomic E-state index is 0. The third-order valence-electron chi connectivity index (χ3n) is 0. The summed E-state index contributed by atoms with van der Waals surface area (Å²) in [5, 5.41) is 0. The molecule has 0 aromatic rings. The summed E-state index contributed by atoms with van der Waals surface area (Å²) >= 11 is 0. The maximum absolute atomic E-state index is 0. The third-order valence-corrected chi connectivity index (χ3v) is 0. The van der Waals surface area contributed by atoms with E-state index in [4.69, 9.17) is 0 Å². The van der Waals surface area contributed by atoms with Crippen LogP contribution < -0.4 is 0 Å². The van der Waals surface area contributed by atoms with Crippen LogP contribution in [-0.2, 0) is 17.1 Å². The molecule has 4 heavy (non-hydrogen) atoms. The predicted octanol–water partition coefficient (Wildman–Crippen LogP) is -1.50. The summed E-state index contributed by atoms with van der Waals surface area (Å²) in [6.45, 7) is 0. The largest absolute Gasteiger partial charge is 2.00 e. The second kappa shape index (κ2) is 16.5. The van der Waals surface area contributed by atoms with Gasteiger partial charge in [-0.1, -0.05) is 0 Å². The average Bonchev–Trinajstić information content (AvgIpc) is 0. The molecule has 0 bridgehead atoms. The Morgan fingerprint density at radius 1 is 1.25 bits per heavy atom. The summed E-state index contributed by atoms with van der Waals surface area (Å²) in [7, 11) is 0. The zero-order valence-corrected chi connectivity index (χ0v) is 6.60. The Bertz CT molecular complexity index is 16.0. The van der Waals surface area contributed by atoms with E-state index in [1.165, 1.54) is 0 Å². The van der Waals surface area contributed by atoms with E-state index in [0.29, 0.717) is 0 Å². The van der Waals surface area contributed by atoms with E-state index in [0.717, 1.165) is 0 Å². The van der Waals surface area contributed by atoms with Crippen LogP contribution in [0.2, 0.25) is 0 Å². The topological polar surface area (TPSA) is 0 Å². The molecular weight excluding hydrogens is 146 g/mol. The molecule has 0 nitrogen and oxygen atoms in total. The maximum Gasteiger partial charge on any atom is 2.00 e. The summed E-state index contributed by atoms with van der Waals surface area (Å²) in [6.07, 6.45) is 0. The Labute approximate surface area is 99.2 Å². The number of hydrogen-bond donors (Lipinski definition) is 0. The van der Waals surface area contributed by atoms with Gasteiger partial charge in [-0.25, -0.2) is 0 Å². The van der Waals surface area contributed by atoms with Crippen molar-refractivity contribution in [2.24, 2.45) is 0 Å². The molecule has 21 valence electrons. The number of hydrogen-bond acceptors (Lipinski definition) is 0. The van der Waals surface area contributed by atoms with E-state index >= 15 is 0 Å². The molecule has 0 aromatic carbocycles. The molecule has 0 saturated heterocycles. The molecule has 0 aromatic heterocycles. The molecule has 0 atom stereocenters. The predicted molar refractivity (Wildman–Crippen MR) is 25.9 cm³/mol. The van der Waals surface area contributed by atoms with Crippen LogP contribution in [0.25, 0.3) is 0 Å². The van der Waals surface area contributed by atoms with Crippen molar-refractivity contribution in [3.63, 3.8) is 0 Å². The molecule has 0 aliphatic heterocycles. The Balaban J connectivity index is 0. The van der Waals surface area contributed by atoms with Gasteiger partial charge in [-0.2, -0.15) is 0 Å². The zero-order chi connectivity index (χ0) is 0. The molecule has 0 N–H and O–H groups in total. The average molecular weight is 153 g/mol. The summed E-state index contributed by atoms with van der Waals surface area (Å²) in [5.74, 6) is 0. The van der Waals surface area contributed by atoms with E-state index in [1.807, 2.05) is 0 Å². The molecule has 0 amide bonds. The van der Waals surface area contributed by atoms with Crippen LogP contribution in [0.1, 0.15) is 5.71 Å². The maximum atomic E-state index is 0. The Morgan fingerprint density at radius 2 is 1.25 bits per heavy atom. The summed E-state index contributed by atoms with van der Waals surface area (Å²) in [4.78, 5) is 0. The van der Waals surface area contributed by atoms with Gasteiger partial charge in [-0.05, 0) is 0 Å². The van der Waals surface area contributed by atoms with Crippen molar-refractivity contribution < 1.29 is 22.8 Å². The van der Waals surface area contributed by atoms with Crippen molar-refractivity contribution in [1.29, 1.82) is 0 Å². The molecule has 0 aliphatic rings. The van der Waals surface area contributed by atoms with Gasteiger partial charge in [0.2, 0.25) is 0 Å². The minimum Gasteiger partial charge on any atom is -1.00 e. The first-order valence-electron chi connectivity index (χ1n) is 0. The van der Waals surface area contributed by atoms with Crippen LogP contribution in [0.4, 0.5) is 0 Å². The molecule has 0 rings (SSSR count). The molecule has 1 radical (unpaired) electrons. The third kappa shape index (κ3) is 8.91. The summed E-state index contributed by atoms with van der Waals surface area (Å²) in [6, 6.07) is 0. The second-order valence-corrected chi connectivity index (χ2v) is 0. The molecule has 0 aliphatic carbocycles. The Kier molecular flexibility index (Phi) is 114. The van der Waals surface area contributed by atoms with Crippen LogP contribution in [0.5, 0.6) is 0 Å². The van der Waals surface area contributed by atoms with E-state index < -0.39 is 0 Å². The zero-order valence-electron chi connectivity index (χ0n) is 5.79. The fraction of sp³-hybridized carbons (Fsp3) is 0. The molecule has 0 saturated carbocycles. The first kappa shape index (κ1) is 27.6. The van der Waals surface area contributed by atoms with Crippen molar-refractivity contribution >= 4 is 78.2 Å². The van der Waals surface area contributed by atoms with E-state index in [-0.39, 0.29) is 101 Å². The van der Waals surface area contributed by atoms with Gasteiger partial charge in [0.15, 0.2) is 17.4 Å². The smallest absolute Gasteiger partial charge is 1.00 e. The van der Waals surface area contributed by atoms with Crippen molar-refractivity contribution in [2.75, 3.05) is 0 Å². The van der Waals surface area contributed by atoms with Gasteiger partial charge in [0.05, 0.1) is 0 Å². The monoisotopic (exact) mass is 153 g/mol. The minimum atomic E-state index is 0. The Hall–Kier alpha value is 3.08. The normalized spacial score (nSPS) is 0. The fourth-order valence-electron chi connectivity index (χ4n) is 0. The van der Waals surface area contributed by atoms with Crippen molar-refractivity contribution in [3.05, 3.63) is 0 Å². The van der Waals surface area contributed by atoms with Gasteiger partial charge in [0.25, 0.3) is 0 Å². The first-order chi connectivity index (χ1) is 0. The van der Waals surface area contributed by atoms with Gasteiger partial charge < -0.3 is 5.71 Å². The van der Waals surface area contributed by atoms with Crippen LogP contribution in [0.3, 0.4) is 0 Å². The van der Waals surface area contributed by atoms with E-state index in [9.17, 15) is 0 Å². The van der Waals surface area contributed by atoms with E-state index in [1.54, 1.807) is 0 Å². The van der Waals surface area contributed by atoms with Gasteiger partial charge in [-0.15, -0.1) is 0 Å². The van der Waals surface area contributed by atoms with Crippen molar-refractivity contribution in [3.8, 4) is 0 Å². The van der Waals surface area contributed by atoms with Crippen LogP contribution >= 0.6 is 0 Å². The van der Waals surface area contributed by atoms with Crippen LogP contribution in [0, 0.1) is 0 Å². The molecular formula is H7AlCaMgMn. The SMILES string of the molecule is [AlH3].[Ca+2].[H-].[H-].[H-].[H-].[Mg+2].[Mn]. The molecule has 0 spiro atoms. The van der Waals surface area contributed by atoms with E-state index in [2.05, 4.69) is 0 Å². The van der Waals surface area contributed by atoms with Gasteiger partial charge in [-0.3, -0.25) is 0 Å². The van der Waals surface area contributed by atoms with Gasteiger partial charge in [0, 0.05) is 17.1 Å². The summed E-state index contributed by atoms with van der Waals surface area (Å²) in [5.41, 5.74) is 0. The van der Waals surface area contributed by atoms with Crippen LogP contribution in [-0.4, -0.2) is 78.2 Å². The Morgan fingerprint density at radius 3 is 1.25 bits per heavy atom. The molecule has 0 heterocycles. The number of rotatable bonds is 0.